The molecule has 1 aliphatic rings. The van der Waals surface area contributed by atoms with Crippen LogP contribution in [0.15, 0.2) is 47.5 Å². The molecule has 0 saturated carbocycles. The summed E-state index contributed by atoms with van der Waals surface area (Å²) in [5, 5.41) is 12.4. The summed E-state index contributed by atoms with van der Waals surface area (Å²) in [4.78, 5) is 14.5. The van der Waals surface area contributed by atoms with E-state index in [1.807, 2.05) is 35.0 Å². The molecule has 0 unspecified atom stereocenters. The summed E-state index contributed by atoms with van der Waals surface area (Å²) in [5.74, 6) is 1.85. The van der Waals surface area contributed by atoms with E-state index in [4.69, 9.17) is 4.42 Å². The molecule has 152 valence electrons. The second kappa shape index (κ2) is 8.61. The molecule has 1 N–H and O–H groups in total. The lowest BCUT2D eigenvalue weighted by atomic mass is 9.99. The van der Waals surface area contributed by atoms with Gasteiger partial charge in [0.1, 0.15) is 6.54 Å². The summed E-state index contributed by atoms with van der Waals surface area (Å²) in [6.45, 7) is 9.42. The molecular weight excluding hydrogens is 366 g/mol. The molecule has 0 spiro atoms. The highest BCUT2D eigenvalue weighted by atomic mass is 16.4. The summed E-state index contributed by atoms with van der Waals surface area (Å²) >= 11 is 0. The number of nitrogens with zero attached hydrogens (tertiary/aromatic N) is 4. The van der Waals surface area contributed by atoms with Crippen LogP contribution in [0, 0.1) is 5.92 Å². The topological polar surface area (TPSA) is 76.2 Å². The van der Waals surface area contributed by atoms with E-state index in [0.29, 0.717) is 24.9 Å². The van der Waals surface area contributed by atoms with E-state index in [1.54, 1.807) is 6.08 Å². The lowest BCUT2D eigenvalue weighted by Gasteiger charge is -2.28. The number of para-hydroxylation sites is 1. The highest BCUT2D eigenvalue weighted by Crippen LogP contribution is 2.30. The Morgan fingerprint density at radius 2 is 2.10 bits per heavy atom. The minimum Gasteiger partial charge on any atom is -0.419 e. The van der Waals surface area contributed by atoms with Crippen LogP contribution in [-0.4, -0.2) is 45.2 Å². The zero-order valence-corrected chi connectivity index (χ0v) is 16.8. The van der Waals surface area contributed by atoms with Crippen molar-refractivity contribution in [2.75, 3.05) is 19.6 Å². The molecular formula is C22H27N5O2. The third-order valence-corrected chi connectivity index (χ3v) is 5.48. The number of fused-ring (bicyclic) bond motifs is 1. The fraction of sp³-hybridized carbons (Fsp3) is 0.409. The fourth-order valence-corrected chi connectivity index (χ4v) is 3.78. The molecule has 1 saturated heterocycles. The number of carbonyl (C=O) groups excluding carboxylic acids is 1. The van der Waals surface area contributed by atoms with Crippen LogP contribution in [0.4, 0.5) is 0 Å². The summed E-state index contributed by atoms with van der Waals surface area (Å²) in [6, 6.07) is 7.94. The molecule has 1 fully saturated rings. The normalized spacial score (nSPS) is 15.6. The molecule has 2 aromatic heterocycles. The molecule has 1 aliphatic heterocycles. The van der Waals surface area contributed by atoms with Crippen LogP contribution in [-0.2, 0) is 17.9 Å². The minimum absolute atomic E-state index is 0.0669. The number of likely N-dealkylation sites (tertiary alicyclic amines) is 1. The first-order valence-electron chi connectivity index (χ1n) is 10.1. The van der Waals surface area contributed by atoms with Crippen molar-refractivity contribution in [1.29, 1.82) is 0 Å². The number of rotatable bonds is 7. The van der Waals surface area contributed by atoms with Crippen LogP contribution in [0.5, 0.6) is 0 Å². The second-order valence-corrected chi connectivity index (χ2v) is 7.74. The Hall–Kier alpha value is -2.93. The lowest BCUT2D eigenvalue weighted by Crippen LogP contribution is -2.32. The molecule has 7 nitrogen and oxygen atoms in total. The van der Waals surface area contributed by atoms with Crippen LogP contribution in [0.2, 0.25) is 0 Å². The maximum absolute atomic E-state index is 12.2. The lowest BCUT2D eigenvalue weighted by molar-refractivity contribution is -0.121. The van der Waals surface area contributed by atoms with E-state index in [9.17, 15) is 4.79 Å². The van der Waals surface area contributed by atoms with Crippen molar-refractivity contribution in [3.8, 4) is 11.5 Å². The first kappa shape index (κ1) is 19.4. The second-order valence-electron chi connectivity index (χ2n) is 7.74. The molecule has 0 aliphatic carbocycles. The standard InChI is InChI=1S/C22H27N5O2/c1-3-10-23-20(28)14-27-13-18(17-6-4-5-7-19(17)27)22-25-24-21(29-22)15-26-11-8-16(2)9-12-26/h3-7,13,16H,1,8-12,14-15H2,2H3,(H,23,28). The monoisotopic (exact) mass is 393 g/mol. The SMILES string of the molecule is C=CCNC(=O)Cn1cc(-c2nnc(CN3CCC(C)CC3)o2)c2ccccc21. The molecule has 1 amide bonds. The van der Waals surface area contributed by atoms with E-state index in [1.165, 1.54) is 12.8 Å². The maximum atomic E-state index is 12.2. The van der Waals surface area contributed by atoms with E-state index < -0.39 is 0 Å². The van der Waals surface area contributed by atoms with Gasteiger partial charge in [-0.15, -0.1) is 16.8 Å². The van der Waals surface area contributed by atoms with Crippen molar-refractivity contribution in [2.45, 2.75) is 32.9 Å². The zero-order chi connectivity index (χ0) is 20.2. The van der Waals surface area contributed by atoms with Crippen LogP contribution >= 0.6 is 0 Å². The Morgan fingerprint density at radius 1 is 1.31 bits per heavy atom. The van der Waals surface area contributed by atoms with Crippen LogP contribution < -0.4 is 5.32 Å². The molecule has 4 rings (SSSR count). The Labute approximate surface area is 170 Å². The Balaban J connectivity index is 1.55. The van der Waals surface area contributed by atoms with E-state index in [2.05, 4.69) is 33.9 Å². The van der Waals surface area contributed by atoms with E-state index >= 15 is 0 Å². The largest absolute Gasteiger partial charge is 0.419 e. The Kier molecular flexibility index (Phi) is 5.76. The minimum atomic E-state index is -0.0669. The Morgan fingerprint density at radius 3 is 2.90 bits per heavy atom. The van der Waals surface area contributed by atoms with Crippen molar-refractivity contribution < 1.29 is 9.21 Å². The van der Waals surface area contributed by atoms with Gasteiger partial charge in [-0.1, -0.05) is 31.2 Å². The molecule has 0 bridgehead atoms. The summed E-state index contributed by atoms with van der Waals surface area (Å²) in [7, 11) is 0. The van der Waals surface area contributed by atoms with Crippen LogP contribution in [0.1, 0.15) is 25.7 Å². The Bertz CT molecular complexity index is 998. The zero-order valence-electron chi connectivity index (χ0n) is 16.8. The first-order valence-corrected chi connectivity index (χ1v) is 10.1. The number of benzene rings is 1. The average molecular weight is 393 g/mol. The summed E-state index contributed by atoms with van der Waals surface area (Å²) < 4.78 is 7.92. The average Bonchev–Trinajstić information content (AvgIpc) is 3.33. The summed E-state index contributed by atoms with van der Waals surface area (Å²) in [5.41, 5.74) is 1.81. The van der Waals surface area contributed by atoms with Crippen molar-refractivity contribution in [2.24, 2.45) is 5.92 Å². The van der Waals surface area contributed by atoms with Crippen molar-refractivity contribution in [1.82, 2.24) is 25.0 Å². The quantitative estimate of drug-likeness (QED) is 0.624. The molecule has 3 heterocycles. The van der Waals surface area contributed by atoms with Gasteiger partial charge >= 0.3 is 0 Å². The van der Waals surface area contributed by atoms with E-state index in [-0.39, 0.29) is 12.5 Å². The van der Waals surface area contributed by atoms with E-state index in [0.717, 1.165) is 35.5 Å². The highest BCUT2D eigenvalue weighted by Gasteiger charge is 2.20. The van der Waals surface area contributed by atoms with Gasteiger partial charge in [0.05, 0.1) is 12.1 Å². The van der Waals surface area contributed by atoms with Gasteiger partial charge in [0.15, 0.2) is 0 Å². The first-order chi connectivity index (χ1) is 14.1. The van der Waals surface area contributed by atoms with Crippen LogP contribution in [0.25, 0.3) is 22.4 Å². The van der Waals surface area contributed by atoms with Gasteiger partial charge < -0.3 is 14.3 Å². The third kappa shape index (κ3) is 4.40. The van der Waals surface area contributed by atoms with Gasteiger partial charge in [0.2, 0.25) is 17.7 Å². The predicted octanol–water partition coefficient (Wildman–Crippen LogP) is 3.23. The smallest absolute Gasteiger partial charge is 0.249 e. The van der Waals surface area contributed by atoms with Gasteiger partial charge in [0.25, 0.3) is 0 Å². The number of piperidine rings is 1. The van der Waals surface area contributed by atoms with Crippen molar-refractivity contribution >= 4 is 16.8 Å². The molecule has 7 heteroatoms. The van der Waals surface area contributed by atoms with Gasteiger partial charge in [-0.25, -0.2) is 0 Å². The fourth-order valence-electron chi connectivity index (χ4n) is 3.78. The summed E-state index contributed by atoms with van der Waals surface area (Å²) in [6.07, 6.45) is 6.00. The molecule has 1 aromatic carbocycles. The number of nitrogens with one attached hydrogen (secondary N) is 1. The third-order valence-electron chi connectivity index (χ3n) is 5.48. The van der Waals surface area contributed by atoms with Gasteiger partial charge in [-0.3, -0.25) is 9.69 Å². The van der Waals surface area contributed by atoms with Gasteiger partial charge in [-0.2, -0.15) is 0 Å². The molecule has 0 radical (unpaired) electrons. The van der Waals surface area contributed by atoms with Gasteiger partial charge in [-0.05, 0) is 37.9 Å². The van der Waals surface area contributed by atoms with Crippen molar-refractivity contribution in [3.63, 3.8) is 0 Å². The number of hydrogen-bond acceptors (Lipinski definition) is 5. The number of aromatic nitrogens is 3. The number of amides is 1. The predicted molar refractivity (Wildman–Crippen MR) is 112 cm³/mol. The molecule has 29 heavy (non-hydrogen) atoms. The van der Waals surface area contributed by atoms with Crippen molar-refractivity contribution in [3.05, 3.63) is 49.0 Å². The molecule has 0 atom stereocenters. The number of hydrogen-bond donors (Lipinski definition) is 1. The maximum Gasteiger partial charge on any atom is 0.249 e. The number of carbonyl (C=O) groups is 1. The highest BCUT2D eigenvalue weighted by molar-refractivity contribution is 5.94. The molecule has 3 aromatic rings. The van der Waals surface area contributed by atoms with Gasteiger partial charge in [0, 0.05) is 23.6 Å². The van der Waals surface area contributed by atoms with Crippen LogP contribution in [0.3, 0.4) is 0 Å².